The minimum Gasteiger partial charge on any atom is -0.489 e. The second-order valence-electron chi connectivity index (χ2n) is 4.39. The molecule has 0 bridgehead atoms. The summed E-state index contributed by atoms with van der Waals surface area (Å²) in [5.74, 6) is 0.894. The van der Waals surface area contributed by atoms with E-state index in [1.165, 1.54) is 5.56 Å². The van der Waals surface area contributed by atoms with E-state index in [0.29, 0.717) is 12.2 Å². The van der Waals surface area contributed by atoms with Crippen molar-refractivity contribution in [2.75, 3.05) is 0 Å². The van der Waals surface area contributed by atoms with E-state index in [2.05, 4.69) is 28.9 Å². The van der Waals surface area contributed by atoms with Crippen LogP contribution >= 0.6 is 15.9 Å². The number of ether oxygens (including phenoxy) is 1. The Bertz CT molecular complexity index is 626. The highest BCUT2D eigenvalue weighted by molar-refractivity contribution is 9.10. The molecule has 0 spiro atoms. The fourth-order valence-electron chi connectivity index (χ4n) is 1.76. The van der Waals surface area contributed by atoms with Gasteiger partial charge >= 0.3 is 0 Å². The molecule has 0 aromatic heterocycles. The van der Waals surface area contributed by atoms with Gasteiger partial charge in [-0.15, -0.1) is 0 Å². The van der Waals surface area contributed by atoms with Gasteiger partial charge in [-0.25, -0.2) is 0 Å². The quantitative estimate of drug-likeness (QED) is 0.834. The fraction of sp³-hybridized carbons (Fsp3) is 0.188. The first kappa shape index (κ1) is 13.6. The van der Waals surface area contributed by atoms with Gasteiger partial charge in [0, 0.05) is 4.47 Å². The molecule has 2 aromatic rings. The molecule has 0 N–H and O–H groups in total. The lowest BCUT2D eigenvalue weighted by Crippen LogP contribution is -1.98. The third-order valence-corrected chi connectivity index (χ3v) is 4.01. The molecule has 0 aliphatic rings. The molecule has 0 aliphatic heterocycles. The molecule has 0 fully saturated rings. The van der Waals surface area contributed by atoms with E-state index in [4.69, 9.17) is 10.00 Å². The number of nitriles is 1. The molecule has 0 amide bonds. The molecule has 2 rings (SSSR count). The van der Waals surface area contributed by atoms with Crippen LogP contribution in [0.15, 0.2) is 40.9 Å². The largest absolute Gasteiger partial charge is 0.489 e. The number of benzene rings is 2. The molecule has 0 radical (unpaired) electrons. The van der Waals surface area contributed by atoms with Crippen molar-refractivity contribution < 1.29 is 4.74 Å². The van der Waals surface area contributed by atoms with Crippen LogP contribution in [0.3, 0.4) is 0 Å². The Morgan fingerprint density at radius 3 is 2.37 bits per heavy atom. The third kappa shape index (κ3) is 3.15. The van der Waals surface area contributed by atoms with Gasteiger partial charge in [0.2, 0.25) is 0 Å². The monoisotopic (exact) mass is 315 g/mol. The van der Waals surface area contributed by atoms with Crippen molar-refractivity contribution >= 4 is 15.9 Å². The van der Waals surface area contributed by atoms with Gasteiger partial charge in [0.15, 0.2) is 0 Å². The summed E-state index contributed by atoms with van der Waals surface area (Å²) in [6.07, 6.45) is 0. The summed E-state index contributed by atoms with van der Waals surface area (Å²) < 4.78 is 6.92. The number of rotatable bonds is 3. The molecule has 0 aliphatic carbocycles. The fourth-order valence-corrected chi connectivity index (χ4v) is 2.19. The van der Waals surface area contributed by atoms with Gasteiger partial charge in [0.05, 0.1) is 11.6 Å². The standard InChI is InChI=1S/C16H14BrNO/c1-11-12(2)16(8-7-15(11)17)19-10-14-5-3-13(9-18)4-6-14/h3-8H,10H2,1-2H3. The van der Waals surface area contributed by atoms with E-state index in [1.807, 2.05) is 31.2 Å². The number of halogens is 1. The van der Waals surface area contributed by atoms with Crippen LogP contribution < -0.4 is 4.74 Å². The Morgan fingerprint density at radius 1 is 1.05 bits per heavy atom. The zero-order valence-electron chi connectivity index (χ0n) is 10.9. The zero-order valence-corrected chi connectivity index (χ0v) is 12.5. The first-order valence-corrected chi connectivity index (χ1v) is 6.78. The van der Waals surface area contributed by atoms with Crippen molar-refractivity contribution in [3.8, 4) is 11.8 Å². The Kier molecular flexibility index (Phi) is 4.24. The van der Waals surface area contributed by atoms with Gasteiger partial charge < -0.3 is 4.74 Å². The predicted molar refractivity (Wildman–Crippen MR) is 79.1 cm³/mol. The van der Waals surface area contributed by atoms with Crippen molar-refractivity contribution in [1.29, 1.82) is 5.26 Å². The maximum atomic E-state index is 8.74. The third-order valence-electron chi connectivity index (χ3n) is 3.15. The van der Waals surface area contributed by atoms with Crippen molar-refractivity contribution in [2.45, 2.75) is 20.5 Å². The summed E-state index contributed by atoms with van der Waals surface area (Å²) in [7, 11) is 0. The molecule has 0 unspecified atom stereocenters. The second-order valence-corrected chi connectivity index (χ2v) is 5.25. The van der Waals surface area contributed by atoms with Gasteiger partial charge in [0.25, 0.3) is 0 Å². The number of hydrogen-bond donors (Lipinski definition) is 0. The molecular formula is C16H14BrNO. The van der Waals surface area contributed by atoms with Crippen LogP contribution in [0.4, 0.5) is 0 Å². The summed E-state index contributed by atoms with van der Waals surface area (Å²) >= 11 is 3.51. The normalized spacial score (nSPS) is 10.0. The average molecular weight is 316 g/mol. The lowest BCUT2D eigenvalue weighted by Gasteiger charge is -2.12. The lowest BCUT2D eigenvalue weighted by atomic mass is 10.1. The Morgan fingerprint density at radius 2 is 1.74 bits per heavy atom. The van der Waals surface area contributed by atoms with Gasteiger partial charge in [-0.2, -0.15) is 5.26 Å². The Labute approximate surface area is 121 Å². The van der Waals surface area contributed by atoms with E-state index in [1.54, 1.807) is 12.1 Å². The summed E-state index contributed by atoms with van der Waals surface area (Å²) in [6.45, 7) is 4.62. The highest BCUT2D eigenvalue weighted by Crippen LogP contribution is 2.28. The summed E-state index contributed by atoms with van der Waals surface area (Å²) in [5, 5.41) is 8.74. The average Bonchev–Trinajstić information content (AvgIpc) is 2.45. The zero-order chi connectivity index (χ0) is 13.8. The molecule has 2 nitrogen and oxygen atoms in total. The highest BCUT2D eigenvalue weighted by atomic mass is 79.9. The number of hydrogen-bond acceptors (Lipinski definition) is 2. The lowest BCUT2D eigenvalue weighted by molar-refractivity contribution is 0.304. The van der Waals surface area contributed by atoms with Crippen LogP contribution in [-0.2, 0) is 6.61 Å². The molecule has 3 heteroatoms. The minimum absolute atomic E-state index is 0.508. The summed E-state index contributed by atoms with van der Waals surface area (Å²) in [6, 6.07) is 13.5. The molecule has 2 aromatic carbocycles. The SMILES string of the molecule is Cc1c(Br)ccc(OCc2ccc(C#N)cc2)c1C. The van der Waals surface area contributed by atoms with Crippen LogP contribution in [0.5, 0.6) is 5.75 Å². The molecular weight excluding hydrogens is 302 g/mol. The second kappa shape index (κ2) is 5.90. The van der Waals surface area contributed by atoms with Gasteiger partial charge in [-0.1, -0.05) is 28.1 Å². The van der Waals surface area contributed by atoms with E-state index >= 15 is 0 Å². The Hall–Kier alpha value is -1.79. The van der Waals surface area contributed by atoms with Crippen LogP contribution in [0, 0.1) is 25.2 Å². The van der Waals surface area contributed by atoms with Crippen LogP contribution in [0.1, 0.15) is 22.3 Å². The molecule has 19 heavy (non-hydrogen) atoms. The molecule has 96 valence electrons. The van der Waals surface area contributed by atoms with Crippen LogP contribution in [0.2, 0.25) is 0 Å². The first-order chi connectivity index (χ1) is 9.11. The molecule has 0 saturated heterocycles. The van der Waals surface area contributed by atoms with Crippen LogP contribution in [-0.4, -0.2) is 0 Å². The van der Waals surface area contributed by atoms with Gasteiger partial charge in [-0.3, -0.25) is 0 Å². The smallest absolute Gasteiger partial charge is 0.123 e. The summed E-state index contributed by atoms with van der Waals surface area (Å²) in [5.41, 5.74) is 4.05. The predicted octanol–water partition coefficient (Wildman–Crippen LogP) is 4.52. The first-order valence-electron chi connectivity index (χ1n) is 5.99. The van der Waals surface area contributed by atoms with Gasteiger partial charge in [0.1, 0.15) is 12.4 Å². The maximum Gasteiger partial charge on any atom is 0.123 e. The maximum absolute atomic E-state index is 8.74. The van der Waals surface area contributed by atoms with Crippen LogP contribution in [0.25, 0.3) is 0 Å². The number of nitrogens with zero attached hydrogens (tertiary/aromatic N) is 1. The molecule has 0 heterocycles. The Balaban J connectivity index is 2.10. The topological polar surface area (TPSA) is 33.0 Å². The summed E-state index contributed by atoms with van der Waals surface area (Å²) in [4.78, 5) is 0. The van der Waals surface area contributed by atoms with Gasteiger partial charge in [-0.05, 0) is 54.8 Å². The van der Waals surface area contributed by atoms with E-state index in [0.717, 1.165) is 21.3 Å². The molecule has 0 atom stereocenters. The van der Waals surface area contributed by atoms with E-state index in [9.17, 15) is 0 Å². The highest BCUT2D eigenvalue weighted by Gasteiger charge is 2.05. The van der Waals surface area contributed by atoms with Crippen molar-refractivity contribution in [1.82, 2.24) is 0 Å². The van der Waals surface area contributed by atoms with Crippen molar-refractivity contribution in [3.63, 3.8) is 0 Å². The van der Waals surface area contributed by atoms with Crippen molar-refractivity contribution in [2.24, 2.45) is 0 Å². The van der Waals surface area contributed by atoms with Crippen molar-refractivity contribution in [3.05, 3.63) is 63.1 Å². The minimum atomic E-state index is 0.508. The van der Waals surface area contributed by atoms with E-state index < -0.39 is 0 Å². The molecule has 0 saturated carbocycles. The van der Waals surface area contributed by atoms with E-state index in [-0.39, 0.29) is 0 Å².